The van der Waals surface area contributed by atoms with Crippen molar-refractivity contribution >= 4 is 34.6 Å². The lowest BCUT2D eigenvalue weighted by atomic mass is 9.87. The molecule has 9 nitrogen and oxygen atoms in total. The summed E-state index contributed by atoms with van der Waals surface area (Å²) in [5.41, 5.74) is 14.8. The SMILES string of the molecule is NC1=NC2(CCCCC2)N(c2ccc([N+](=O)[O-])cc2-c2nc(-c3ccccc3)cs2)C(N)=N1. The van der Waals surface area contributed by atoms with Gasteiger partial charge in [0.1, 0.15) is 10.7 Å². The smallest absolute Gasteiger partial charge is 0.270 e. The molecule has 1 spiro atoms. The van der Waals surface area contributed by atoms with Crippen molar-refractivity contribution < 1.29 is 4.92 Å². The second-order valence-electron chi connectivity index (χ2n) is 8.18. The van der Waals surface area contributed by atoms with Gasteiger partial charge in [0.15, 0.2) is 0 Å². The molecule has 0 atom stereocenters. The van der Waals surface area contributed by atoms with Crippen molar-refractivity contribution in [2.75, 3.05) is 4.90 Å². The normalized spacial score (nSPS) is 17.5. The van der Waals surface area contributed by atoms with Crippen molar-refractivity contribution in [3.8, 4) is 21.8 Å². The van der Waals surface area contributed by atoms with E-state index in [-0.39, 0.29) is 17.6 Å². The molecular formula is C23H23N7O2S. The summed E-state index contributed by atoms with van der Waals surface area (Å²) in [6.07, 6.45) is 4.62. The van der Waals surface area contributed by atoms with Crippen LogP contribution in [-0.4, -0.2) is 27.5 Å². The average Bonchev–Trinajstić information content (AvgIpc) is 3.30. The van der Waals surface area contributed by atoms with Crippen LogP contribution >= 0.6 is 11.3 Å². The van der Waals surface area contributed by atoms with Crippen LogP contribution in [0.3, 0.4) is 0 Å². The van der Waals surface area contributed by atoms with E-state index in [1.165, 1.54) is 17.4 Å². The quantitative estimate of drug-likeness (QED) is 0.434. The van der Waals surface area contributed by atoms with E-state index in [1.807, 2.05) is 40.6 Å². The molecule has 0 saturated heterocycles. The van der Waals surface area contributed by atoms with Gasteiger partial charge in [-0.3, -0.25) is 15.0 Å². The van der Waals surface area contributed by atoms with Gasteiger partial charge in [0, 0.05) is 28.6 Å². The van der Waals surface area contributed by atoms with E-state index in [2.05, 4.69) is 4.99 Å². The molecule has 0 bridgehead atoms. The number of nitrogens with zero attached hydrogens (tertiary/aromatic N) is 5. The Kier molecular flexibility index (Phi) is 5.29. The van der Waals surface area contributed by atoms with Crippen molar-refractivity contribution in [2.45, 2.75) is 37.8 Å². The van der Waals surface area contributed by atoms with Gasteiger partial charge in [-0.2, -0.15) is 4.99 Å². The van der Waals surface area contributed by atoms with Crippen LogP contribution in [-0.2, 0) is 0 Å². The van der Waals surface area contributed by atoms with Gasteiger partial charge in [-0.25, -0.2) is 9.98 Å². The van der Waals surface area contributed by atoms with E-state index in [4.69, 9.17) is 21.4 Å². The predicted octanol–water partition coefficient (Wildman–Crippen LogP) is 4.50. The zero-order chi connectivity index (χ0) is 23.0. The molecule has 0 radical (unpaired) electrons. The Morgan fingerprint density at radius 3 is 2.55 bits per heavy atom. The molecule has 5 rings (SSSR count). The number of nitrogens with two attached hydrogens (primary N) is 2. The third-order valence-electron chi connectivity index (χ3n) is 6.09. The number of anilines is 1. The van der Waals surface area contributed by atoms with Gasteiger partial charge in [0.25, 0.3) is 5.69 Å². The molecule has 2 aromatic carbocycles. The number of hydrogen-bond donors (Lipinski definition) is 2. The number of thiazole rings is 1. The molecular weight excluding hydrogens is 438 g/mol. The number of hydrogen-bond acceptors (Lipinski definition) is 9. The molecule has 1 saturated carbocycles. The maximum Gasteiger partial charge on any atom is 0.270 e. The van der Waals surface area contributed by atoms with Gasteiger partial charge >= 0.3 is 0 Å². The summed E-state index contributed by atoms with van der Waals surface area (Å²) >= 11 is 1.43. The van der Waals surface area contributed by atoms with E-state index >= 15 is 0 Å². The Morgan fingerprint density at radius 2 is 1.82 bits per heavy atom. The third kappa shape index (κ3) is 3.82. The molecule has 0 amide bonds. The predicted molar refractivity (Wildman–Crippen MR) is 131 cm³/mol. The van der Waals surface area contributed by atoms with Gasteiger partial charge in [-0.05, 0) is 31.7 Å². The Balaban J connectivity index is 1.67. The Morgan fingerprint density at radius 1 is 1.06 bits per heavy atom. The fourth-order valence-electron chi connectivity index (χ4n) is 4.61. The molecule has 0 unspecified atom stereocenters. The summed E-state index contributed by atoms with van der Waals surface area (Å²) in [6.45, 7) is 0. The van der Waals surface area contributed by atoms with Crippen molar-refractivity contribution in [1.82, 2.24) is 4.98 Å². The molecule has 1 fully saturated rings. The van der Waals surface area contributed by atoms with E-state index in [0.29, 0.717) is 16.3 Å². The molecule has 1 aliphatic carbocycles. The first-order valence-corrected chi connectivity index (χ1v) is 11.6. The standard InChI is InChI=1S/C23H23N7O2S/c24-21-27-22(25)29(23(28-21)11-5-2-6-12-23)19-10-9-16(30(31)32)13-17(19)20-26-18(14-33-20)15-7-3-1-4-8-15/h1,3-4,7-10,13-14H,2,5-6,11-12H2,(H4,24,25,27,28). The molecule has 1 aliphatic heterocycles. The molecule has 4 N–H and O–H groups in total. The van der Waals surface area contributed by atoms with Crippen LogP contribution < -0.4 is 16.4 Å². The van der Waals surface area contributed by atoms with Crippen molar-refractivity contribution in [3.05, 3.63) is 64.0 Å². The fourth-order valence-corrected chi connectivity index (χ4v) is 5.47. The number of nitro benzene ring substituents is 1. The highest BCUT2D eigenvalue weighted by Gasteiger charge is 2.43. The number of benzene rings is 2. The first-order chi connectivity index (χ1) is 16.0. The molecule has 2 heterocycles. The molecule has 2 aliphatic rings. The van der Waals surface area contributed by atoms with E-state index in [0.717, 1.165) is 43.4 Å². The first-order valence-electron chi connectivity index (χ1n) is 10.8. The second-order valence-corrected chi connectivity index (χ2v) is 9.04. The minimum atomic E-state index is -0.654. The zero-order valence-electron chi connectivity index (χ0n) is 17.8. The summed E-state index contributed by atoms with van der Waals surface area (Å²) in [6, 6.07) is 14.6. The lowest BCUT2D eigenvalue weighted by Gasteiger charge is -2.46. The van der Waals surface area contributed by atoms with Gasteiger partial charge in [-0.1, -0.05) is 36.8 Å². The monoisotopic (exact) mass is 461 g/mol. The lowest BCUT2D eigenvalue weighted by molar-refractivity contribution is -0.384. The topological polar surface area (TPSA) is 136 Å². The van der Waals surface area contributed by atoms with Gasteiger partial charge in [0.2, 0.25) is 11.9 Å². The summed E-state index contributed by atoms with van der Waals surface area (Å²) < 4.78 is 0. The van der Waals surface area contributed by atoms with Crippen LogP contribution in [0.2, 0.25) is 0 Å². The molecule has 3 aromatic rings. The third-order valence-corrected chi connectivity index (χ3v) is 6.96. The summed E-state index contributed by atoms with van der Waals surface area (Å²) in [4.78, 5) is 26.8. The molecule has 1 aromatic heterocycles. The van der Waals surface area contributed by atoms with Crippen molar-refractivity contribution in [2.24, 2.45) is 21.5 Å². The van der Waals surface area contributed by atoms with Gasteiger partial charge in [0.05, 0.1) is 16.3 Å². The Hall–Kier alpha value is -3.79. The van der Waals surface area contributed by atoms with Crippen LogP contribution in [0.15, 0.2) is 63.9 Å². The molecule has 168 valence electrons. The van der Waals surface area contributed by atoms with E-state index < -0.39 is 10.6 Å². The first kappa shape index (κ1) is 21.1. The highest BCUT2D eigenvalue weighted by molar-refractivity contribution is 7.13. The lowest BCUT2D eigenvalue weighted by Crippen LogP contribution is -2.58. The van der Waals surface area contributed by atoms with E-state index in [9.17, 15) is 10.1 Å². The van der Waals surface area contributed by atoms with Gasteiger partial charge < -0.3 is 11.5 Å². The minimum absolute atomic E-state index is 0.0153. The summed E-state index contributed by atoms with van der Waals surface area (Å²) in [5, 5.41) is 14.2. The highest BCUT2D eigenvalue weighted by atomic mass is 32.1. The Bertz CT molecular complexity index is 1260. The largest absolute Gasteiger partial charge is 0.369 e. The van der Waals surface area contributed by atoms with Crippen LogP contribution in [0.5, 0.6) is 0 Å². The number of aliphatic imine (C=N–C) groups is 2. The van der Waals surface area contributed by atoms with Crippen LogP contribution in [0.1, 0.15) is 32.1 Å². The van der Waals surface area contributed by atoms with E-state index in [1.54, 1.807) is 12.1 Å². The van der Waals surface area contributed by atoms with Crippen molar-refractivity contribution in [1.29, 1.82) is 0 Å². The highest BCUT2D eigenvalue weighted by Crippen LogP contribution is 2.44. The summed E-state index contributed by atoms with van der Waals surface area (Å²) in [5.74, 6) is 0.397. The number of aromatic nitrogens is 1. The summed E-state index contributed by atoms with van der Waals surface area (Å²) in [7, 11) is 0. The zero-order valence-corrected chi connectivity index (χ0v) is 18.7. The van der Waals surface area contributed by atoms with Crippen LogP contribution in [0.4, 0.5) is 11.4 Å². The minimum Gasteiger partial charge on any atom is -0.369 e. The number of guanidine groups is 2. The molecule has 33 heavy (non-hydrogen) atoms. The second kappa shape index (κ2) is 8.28. The average molecular weight is 462 g/mol. The maximum atomic E-state index is 11.6. The fraction of sp³-hybridized carbons (Fsp3) is 0.261. The van der Waals surface area contributed by atoms with Crippen molar-refractivity contribution in [3.63, 3.8) is 0 Å². The number of nitro groups is 1. The Labute approximate surface area is 194 Å². The van der Waals surface area contributed by atoms with Gasteiger partial charge in [-0.15, -0.1) is 11.3 Å². The van der Waals surface area contributed by atoms with Crippen LogP contribution in [0.25, 0.3) is 21.8 Å². The number of rotatable bonds is 4. The molecule has 10 heteroatoms. The number of non-ortho nitro benzene ring substituents is 1. The van der Waals surface area contributed by atoms with Crippen LogP contribution in [0, 0.1) is 10.1 Å². The maximum absolute atomic E-state index is 11.6.